The maximum absolute atomic E-state index is 9.89. The number of rotatable bonds is 3. The van der Waals surface area contributed by atoms with Crippen LogP contribution in [0.2, 0.25) is 0 Å². The molecule has 0 spiro atoms. The lowest BCUT2D eigenvalue weighted by Gasteiger charge is -2.25. The molecule has 0 aromatic carbocycles. The van der Waals surface area contributed by atoms with Crippen LogP contribution in [0.25, 0.3) is 0 Å². The first kappa shape index (κ1) is 12.2. The molecule has 15 heavy (non-hydrogen) atoms. The molecule has 0 aliphatic carbocycles. The van der Waals surface area contributed by atoms with Gasteiger partial charge in [-0.15, -0.1) is 0 Å². The van der Waals surface area contributed by atoms with Crippen molar-refractivity contribution in [2.45, 2.75) is 52.1 Å². The summed E-state index contributed by atoms with van der Waals surface area (Å²) in [5.41, 5.74) is 1.25. The Morgan fingerprint density at radius 2 is 1.87 bits per heavy atom. The van der Waals surface area contributed by atoms with Crippen LogP contribution in [0.3, 0.4) is 0 Å². The second-order valence-electron chi connectivity index (χ2n) is 5.23. The first-order chi connectivity index (χ1) is 6.77. The maximum Gasteiger partial charge on any atom is 0.101 e. The van der Waals surface area contributed by atoms with E-state index in [2.05, 4.69) is 25.8 Å². The van der Waals surface area contributed by atoms with Crippen LogP contribution in [0.5, 0.6) is 0 Å². The molecule has 84 valence electrons. The predicted octanol–water partition coefficient (Wildman–Crippen LogP) is 3.00. The summed E-state index contributed by atoms with van der Waals surface area (Å²) in [5.74, 6) is 0. The van der Waals surface area contributed by atoms with Gasteiger partial charge >= 0.3 is 0 Å². The van der Waals surface area contributed by atoms with Crippen LogP contribution >= 0.6 is 0 Å². The zero-order valence-electron chi connectivity index (χ0n) is 10.3. The smallest absolute Gasteiger partial charge is 0.101 e. The molecule has 0 fully saturated rings. The fraction of sp³-hybridized carbons (Fsp3) is 0.615. The van der Waals surface area contributed by atoms with Gasteiger partial charge in [0.25, 0.3) is 0 Å². The van der Waals surface area contributed by atoms with Gasteiger partial charge in [-0.05, 0) is 43.4 Å². The molecule has 0 amide bonds. The summed E-state index contributed by atoms with van der Waals surface area (Å²) in [4.78, 5) is 4.21. The average Bonchev–Trinajstić information content (AvgIpc) is 2.17. The summed E-state index contributed by atoms with van der Waals surface area (Å²) in [6, 6.07) is 4.03. The van der Waals surface area contributed by atoms with Crippen LogP contribution < -0.4 is 0 Å². The van der Waals surface area contributed by atoms with Crippen molar-refractivity contribution in [3.8, 4) is 0 Å². The van der Waals surface area contributed by atoms with Crippen LogP contribution in [0.1, 0.15) is 52.3 Å². The van der Waals surface area contributed by atoms with Gasteiger partial charge in [0.2, 0.25) is 0 Å². The van der Waals surface area contributed by atoms with E-state index in [9.17, 15) is 5.11 Å². The lowest BCUT2D eigenvalue weighted by Crippen LogP contribution is -2.21. The molecule has 0 aliphatic rings. The molecule has 0 radical (unpaired) electrons. The van der Waals surface area contributed by atoms with E-state index in [1.807, 2.05) is 12.1 Å². The number of hydrogen-bond donors (Lipinski definition) is 1. The minimum absolute atomic E-state index is 0.142. The summed E-state index contributed by atoms with van der Waals surface area (Å²) < 4.78 is 0. The van der Waals surface area contributed by atoms with Crippen LogP contribution in [0, 0.1) is 0 Å². The van der Waals surface area contributed by atoms with Gasteiger partial charge in [0, 0.05) is 6.20 Å². The number of aliphatic hydroxyl groups is 1. The van der Waals surface area contributed by atoms with E-state index in [4.69, 9.17) is 0 Å². The molecule has 0 bridgehead atoms. The van der Waals surface area contributed by atoms with Gasteiger partial charge in [0.05, 0.1) is 5.69 Å². The molecule has 0 unspecified atom stereocenters. The molecule has 1 aromatic heterocycles. The number of hydrogen-bond acceptors (Lipinski definition) is 2. The summed E-state index contributed by atoms with van der Waals surface area (Å²) >= 11 is 0. The molecule has 0 atom stereocenters. The molecule has 0 aliphatic heterocycles. The highest BCUT2D eigenvalue weighted by molar-refractivity contribution is 5.26. The summed E-state index contributed by atoms with van der Waals surface area (Å²) in [6.45, 7) is 10.1. The molecule has 1 N–H and O–H groups in total. The van der Waals surface area contributed by atoms with Crippen molar-refractivity contribution in [1.82, 2.24) is 4.98 Å². The fourth-order valence-corrected chi connectivity index (χ4v) is 1.39. The van der Waals surface area contributed by atoms with E-state index in [1.165, 1.54) is 5.56 Å². The second kappa shape index (κ2) is 3.93. The first-order valence-electron chi connectivity index (χ1n) is 5.47. The van der Waals surface area contributed by atoms with Crippen molar-refractivity contribution >= 4 is 0 Å². The molecule has 2 heteroatoms. The quantitative estimate of drug-likeness (QED) is 0.826. The molecule has 1 aromatic rings. The average molecular weight is 207 g/mol. The zero-order valence-corrected chi connectivity index (χ0v) is 10.3. The van der Waals surface area contributed by atoms with Gasteiger partial charge in [-0.3, -0.25) is 4.98 Å². The van der Waals surface area contributed by atoms with E-state index < -0.39 is 5.60 Å². The number of nitrogens with zero attached hydrogens (tertiary/aromatic N) is 1. The standard InChI is InChI=1S/C13H21NO/c1-6-12(2,3)10-7-8-14-11(9-10)13(4,5)15/h7-9,15H,6H2,1-5H3. The Balaban J connectivity index is 3.14. The molecule has 2 nitrogen and oxygen atoms in total. The van der Waals surface area contributed by atoms with Gasteiger partial charge in [0.15, 0.2) is 0 Å². The molecule has 1 heterocycles. The van der Waals surface area contributed by atoms with Gasteiger partial charge < -0.3 is 5.11 Å². The van der Waals surface area contributed by atoms with Crippen LogP contribution in [0.15, 0.2) is 18.3 Å². The van der Waals surface area contributed by atoms with E-state index in [0.29, 0.717) is 0 Å². The highest BCUT2D eigenvalue weighted by atomic mass is 16.3. The molecule has 0 saturated carbocycles. The third-order valence-corrected chi connectivity index (χ3v) is 3.05. The summed E-state index contributed by atoms with van der Waals surface area (Å²) in [6.07, 6.45) is 2.85. The van der Waals surface area contributed by atoms with Crippen molar-refractivity contribution < 1.29 is 5.11 Å². The van der Waals surface area contributed by atoms with Crippen molar-refractivity contribution in [3.63, 3.8) is 0 Å². The monoisotopic (exact) mass is 207 g/mol. The van der Waals surface area contributed by atoms with E-state index in [-0.39, 0.29) is 5.41 Å². The molecule has 0 saturated heterocycles. The zero-order chi connectivity index (χ0) is 11.7. The van der Waals surface area contributed by atoms with E-state index >= 15 is 0 Å². The Hall–Kier alpha value is -0.890. The molecule has 1 rings (SSSR count). The lowest BCUT2D eigenvalue weighted by molar-refractivity contribution is 0.0736. The van der Waals surface area contributed by atoms with Gasteiger partial charge in [-0.25, -0.2) is 0 Å². The summed E-state index contributed by atoms with van der Waals surface area (Å²) in [5, 5.41) is 9.89. The Morgan fingerprint density at radius 3 is 2.33 bits per heavy atom. The Labute approximate surface area is 92.4 Å². The van der Waals surface area contributed by atoms with Crippen LogP contribution in [-0.2, 0) is 11.0 Å². The van der Waals surface area contributed by atoms with Crippen LogP contribution in [0.4, 0.5) is 0 Å². The summed E-state index contributed by atoms with van der Waals surface area (Å²) in [7, 11) is 0. The Bertz CT molecular complexity index is 337. The van der Waals surface area contributed by atoms with E-state index in [1.54, 1.807) is 20.0 Å². The number of aromatic nitrogens is 1. The minimum atomic E-state index is -0.861. The van der Waals surface area contributed by atoms with Gasteiger partial charge in [-0.2, -0.15) is 0 Å². The Kier molecular flexibility index (Phi) is 3.19. The van der Waals surface area contributed by atoms with Crippen molar-refractivity contribution in [3.05, 3.63) is 29.6 Å². The van der Waals surface area contributed by atoms with Gasteiger partial charge in [0.1, 0.15) is 5.60 Å². The maximum atomic E-state index is 9.89. The van der Waals surface area contributed by atoms with Crippen molar-refractivity contribution in [2.75, 3.05) is 0 Å². The van der Waals surface area contributed by atoms with Crippen molar-refractivity contribution in [2.24, 2.45) is 0 Å². The molecular formula is C13H21NO. The Morgan fingerprint density at radius 1 is 1.27 bits per heavy atom. The topological polar surface area (TPSA) is 33.1 Å². The largest absolute Gasteiger partial charge is 0.384 e. The van der Waals surface area contributed by atoms with Crippen molar-refractivity contribution in [1.29, 1.82) is 0 Å². The van der Waals surface area contributed by atoms with Crippen LogP contribution in [-0.4, -0.2) is 10.1 Å². The highest BCUT2D eigenvalue weighted by Gasteiger charge is 2.22. The first-order valence-corrected chi connectivity index (χ1v) is 5.47. The second-order valence-corrected chi connectivity index (χ2v) is 5.23. The predicted molar refractivity (Wildman–Crippen MR) is 62.8 cm³/mol. The minimum Gasteiger partial charge on any atom is -0.384 e. The number of pyridine rings is 1. The van der Waals surface area contributed by atoms with Gasteiger partial charge in [-0.1, -0.05) is 20.8 Å². The third-order valence-electron chi connectivity index (χ3n) is 3.05. The van der Waals surface area contributed by atoms with E-state index in [0.717, 1.165) is 12.1 Å². The molecular weight excluding hydrogens is 186 g/mol. The SMILES string of the molecule is CCC(C)(C)c1ccnc(C(C)(C)O)c1. The highest BCUT2D eigenvalue weighted by Crippen LogP contribution is 2.28. The fourth-order valence-electron chi connectivity index (χ4n) is 1.39. The lowest BCUT2D eigenvalue weighted by atomic mass is 9.82. The third kappa shape index (κ3) is 2.78. The normalized spacial score (nSPS) is 12.9.